The van der Waals surface area contributed by atoms with Crippen LogP contribution in [0.15, 0.2) is 77.3 Å². The second-order valence-electron chi connectivity index (χ2n) is 6.41. The molecule has 0 N–H and O–H groups in total. The van der Waals surface area contributed by atoms with Gasteiger partial charge in [-0.3, -0.25) is 0 Å². The first-order chi connectivity index (χ1) is 12.7. The fraction of sp³-hybridized carbons (Fsp3) is 0.136. The second kappa shape index (κ2) is 7.34. The quantitative estimate of drug-likeness (QED) is 0.542. The van der Waals surface area contributed by atoms with E-state index in [9.17, 15) is 0 Å². The van der Waals surface area contributed by atoms with E-state index in [1.54, 1.807) is 0 Å². The summed E-state index contributed by atoms with van der Waals surface area (Å²) < 4.78 is 1.00. The van der Waals surface area contributed by atoms with Gasteiger partial charge in [0.2, 0.25) is 0 Å². The Morgan fingerprint density at radius 2 is 1.54 bits per heavy atom. The molecule has 1 heterocycles. The van der Waals surface area contributed by atoms with Gasteiger partial charge in [-0.2, -0.15) is 0 Å². The largest absolute Gasteiger partial charge is 0.208 e. The predicted molar refractivity (Wildman–Crippen MR) is 109 cm³/mol. The van der Waals surface area contributed by atoms with E-state index in [4.69, 9.17) is 15.0 Å². The molecule has 0 saturated heterocycles. The van der Waals surface area contributed by atoms with Crippen LogP contribution in [0.5, 0.6) is 0 Å². The maximum absolute atomic E-state index is 4.76. The summed E-state index contributed by atoms with van der Waals surface area (Å²) in [6.07, 6.45) is 7.53. The van der Waals surface area contributed by atoms with Crippen LogP contribution in [0.25, 0.3) is 28.3 Å². The van der Waals surface area contributed by atoms with Crippen molar-refractivity contribution in [3.63, 3.8) is 0 Å². The lowest BCUT2D eigenvalue weighted by molar-refractivity contribution is 0.738. The first kappa shape index (κ1) is 16.9. The predicted octanol–water partition coefficient (Wildman–Crippen LogP) is 5.95. The van der Waals surface area contributed by atoms with Gasteiger partial charge in [0.05, 0.1) is 0 Å². The topological polar surface area (TPSA) is 38.7 Å². The summed E-state index contributed by atoms with van der Waals surface area (Å²) in [6.45, 7) is 2.21. The number of rotatable bonds is 3. The van der Waals surface area contributed by atoms with Crippen LogP contribution in [0.3, 0.4) is 0 Å². The van der Waals surface area contributed by atoms with Crippen LogP contribution >= 0.6 is 15.9 Å². The molecule has 128 valence electrons. The Bertz CT molecular complexity index is 993. The van der Waals surface area contributed by atoms with Crippen molar-refractivity contribution in [2.45, 2.75) is 13.3 Å². The Balaban J connectivity index is 1.86. The molecule has 4 heteroatoms. The lowest BCUT2D eigenvalue weighted by Crippen LogP contribution is -2.04. The van der Waals surface area contributed by atoms with Gasteiger partial charge in [0.1, 0.15) is 0 Å². The van der Waals surface area contributed by atoms with Gasteiger partial charge in [-0.05, 0) is 24.5 Å². The van der Waals surface area contributed by atoms with Crippen LogP contribution in [0.2, 0.25) is 0 Å². The zero-order chi connectivity index (χ0) is 17.9. The zero-order valence-corrected chi connectivity index (χ0v) is 16.0. The van der Waals surface area contributed by atoms with Crippen LogP contribution in [-0.2, 0) is 0 Å². The minimum Gasteiger partial charge on any atom is -0.208 e. The van der Waals surface area contributed by atoms with Gasteiger partial charge in [-0.1, -0.05) is 83.5 Å². The third-order valence-corrected chi connectivity index (χ3v) is 4.82. The molecule has 1 atom stereocenters. The Morgan fingerprint density at radius 3 is 2.23 bits per heavy atom. The summed E-state index contributed by atoms with van der Waals surface area (Å²) in [5.74, 6) is 2.65. The first-order valence-corrected chi connectivity index (χ1v) is 9.44. The number of halogens is 1. The van der Waals surface area contributed by atoms with Crippen molar-refractivity contribution >= 4 is 21.5 Å². The van der Waals surface area contributed by atoms with Crippen molar-refractivity contribution < 1.29 is 0 Å². The summed E-state index contributed by atoms with van der Waals surface area (Å²) in [7, 11) is 0. The smallest absolute Gasteiger partial charge is 0.164 e. The number of nitrogens with zero attached hydrogens (tertiary/aromatic N) is 3. The summed E-state index contributed by atoms with van der Waals surface area (Å²) in [5.41, 5.74) is 3.01. The molecule has 0 spiro atoms. The van der Waals surface area contributed by atoms with Crippen molar-refractivity contribution in [3.05, 3.63) is 83.1 Å². The van der Waals surface area contributed by atoms with E-state index in [2.05, 4.69) is 41.1 Å². The molecular weight excluding hydrogens is 386 g/mol. The molecule has 2 aromatic carbocycles. The van der Waals surface area contributed by atoms with Crippen molar-refractivity contribution in [2.24, 2.45) is 5.92 Å². The van der Waals surface area contributed by atoms with Crippen molar-refractivity contribution in [1.29, 1.82) is 0 Å². The van der Waals surface area contributed by atoms with Crippen LogP contribution < -0.4 is 0 Å². The SMILES string of the molecule is CC1C=CC(c2nc(-c3ccccc3)nc(-c3cccc(Br)c3)n2)=CC1. The molecule has 3 aromatic rings. The average Bonchev–Trinajstić information content (AvgIpc) is 2.69. The normalized spacial score (nSPS) is 16.4. The average molecular weight is 404 g/mol. The highest BCUT2D eigenvalue weighted by Crippen LogP contribution is 2.27. The molecule has 1 aromatic heterocycles. The molecule has 0 amide bonds. The molecule has 4 rings (SSSR count). The molecule has 26 heavy (non-hydrogen) atoms. The highest BCUT2D eigenvalue weighted by Gasteiger charge is 2.14. The molecule has 0 radical (unpaired) electrons. The van der Waals surface area contributed by atoms with Gasteiger partial charge in [-0.15, -0.1) is 0 Å². The molecule has 0 bridgehead atoms. The molecule has 0 aliphatic heterocycles. The van der Waals surface area contributed by atoms with Crippen molar-refractivity contribution in [3.8, 4) is 22.8 Å². The lowest BCUT2D eigenvalue weighted by Gasteiger charge is -2.13. The lowest BCUT2D eigenvalue weighted by atomic mass is 9.98. The molecule has 1 aliphatic rings. The molecule has 0 saturated carbocycles. The van der Waals surface area contributed by atoms with E-state index in [1.165, 1.54) is 0 Å². The van der Waals surface area contributed by atoms with Crippen molar-refractivity contribution in [2.75, 3.05) is 0 Å². The minimum atomic E-state index is 0.554. The fourth-order valence-electron chi connectivity index (χ4n) is 2.87. The maximum Gasteiger partial charge on any atom is 0.164 e. The van der Waals surface area contributed by atoms with Crippen molar-refractivity contribution in [1.82, 2.24) is 15.0 Å². The third kappa shape index (κ3) is 3.65. The minimum absolute atomic E-state index is 0.554. The monoisotopic (exact) mass is 403 g/mol. The van der Waals surface area contributed by atoms with Crippen LogP contribution in [0.1, 0.15) is 19.2 Å². The summed E-state index contributed by atoms with van der Waals surface area (Å²) in [4.78, 5) is 14.2. The number of aromatic nitrogens is 3. The van der Waals surface area contributed by atoms with Crippen LogP contribution in [-0.4, -0.2) is 15.0 Å². The number of hydrogen-bond donors (Lipinski definition) is 0. The van der Waals surface area contributed by atoms with Gasteiger partial charge in [0.25, 0.3) is 0 Å². The third-order valence-electron chi connectivity index (χ3n) is 4.32. The summed E-state index contributed by atoms with van der Waals surface area (Å²) in [5, 5.41) is 0. The van der Waals surface area contributed by atoms with E-state index >= 15 is 0 Å². The van der Waals surface area contributed by atoms with Gasteiger partial charge in [-0.25, -0.2) is 15.0 Å². The van der Waals surface area contributed by atoms with E-state index in [1.807, 2.05) is 54.6 Å². The highest BCUT2D eigenvalue weighted by molar-refractivity contribution is 9.10. The Morgan fingerprint density at radius 1 is 0.846 bits per heavy atom. The molecule has 1 aliphatic carbocycles. The second-order valence-corrected chi connectivity index (χ2v) is 7.33. The Kier molecular flexibility index (Phi) is 4.76. The molecule has 3 nitrogen and oxygen atoms in total. The van der Waals surface area contributed by atoms with E-state index in [0.717, 1.165) is 33.4 Å². The van der Waals surface area contributed by atoms with Crippen LogP contribution in [0.4, 0.5) is 0 Å². The van der Waals surface area contributed by atoms with Gasteiger partial charge in [0, 0.05) is 21.2 Å². The van der Waals surface area contributed by atoms with E-state index < -0.39 is 0 Å². The zero-order valence-electron chi connectivity index (χ0n) is 14.4. The standard InChI is InChI=1S/C22H18BrN3/c1-15-10-12-17(13-11-15)21-24-20(16-6-3-2-4-7-16)25-22(26-21)18-8-5-9-19(23)14-18/h2-10,12-15H,11H2,1H3. The van der Waals surface area contributed by atoms with Gasteiger partial charge >= 0.3 is 0 Å². The van der Waals surface area contributed by atoms with Gasteiger partial charge in [0.15, 0.2) is 17.5 Å². The maximum atomic E-state index is 4.76. The molecule has 1 unspecified atom stereocenters. The Labute approximate surface area is 161 Å². The van der Waals surface area contributed by atoms with E-state index in [-0.39, 0.29) is 0 Å². The highest BCUT2D eigenvalue weighted by atomic mass is 79.9. The van der Waals surface area contributed by atoms with E-state index in [0.29, 0.717) is 17.6 Å². The number of benzene rings is 2. The fourth-order valence-corrected chi connectivity index (χ4v) is 3.27. The number of hydrogen-bond acceptors (Lipinski definition) is 3. The molecular formula is C22H18BrN3. The summed E-state index contributed by atoms with van der Waals surface area (Å²) in [6, 6.07) is 18.1. The first-order valence-electron chi connectivity index (χ1n) is 8.65. The molecule has 0 fully saturated rings. The number of allylic oxidation sites excluding steroid dienone is 4. The summed E-state index contributed by atoms with van der Waals surface area (Å²) >= 11 is 3.53. The Hall–Kier alpha value is -2.59. The van der Waals surface area contributed by atoms with Crippen LogP contribution in [0, 0.1) is 5.92 Å². The van der Waals surface area contributed by atoms with Gasteiger partial charge < -0.3 is 0 Å².